The highest BCUT2D eigenvalue weighted by atomic mass is 16.5. The molecule has 0 spiro atoms. The second kappa shape index (κ2) is 2.54. The summed E-state index contributed by atoms with van der Waals surface area (Å²) in [5, 5.41) is 0. The van der Waals surface area contributed by atoms with Crippen molar-refractivity contribution in [3.05, 3.63) is 29.2 Å². The van der Waals surface area contributed by atoms with Gasteiger partial charge < -0.3 is 4.74 Å². The zero-order valence-electron chi connectivity index (χ0n) is 5.97. The van der Waals surface area contributed by atoms with E-state index in [1.165, 1.54) is 6.08 Å². The minimum absolute atomic E-state index is 0.000741. The second-order valence-corrected chi connectivity index (χ2v) is 2.02. The molecule has 0 aromatic carbocycles. The van der Waals surface area contributed by atoms with Gasteiger partial charge in [0.25, 0.3) is 0 Å². The van der Waals surface area contributed by atoms with Crippen molar-refractivity contribution in [3.8, 4) is 0 Å². The van der Waals surface area contributed by atoms with Crippen molar-refractivity contribution < 1.29 is 9.53 Å². The Morgan fingerprint density at radius 1 is 1.50 bits per heavy atom. The highest BCUT2D eigenvalue weighted by molar-refractivity contribution is 6.04. The van der Waals surface area contributed by atoms with Crippen molar-refractivity contribution in [3.63, 3.8) is 0 Å². The van der Waals surface area contributed by atoms with Gasteiger partial charge in [0.05, 0.1) is 7.11 Å². The molecule has 0 bridgehead atoms. The zero-order valence-corrected chi connectivity index (χ0v) is 5.97. The van der Waals surface area contributed by atoms with Gasteiger partial charge in [-0.15, -0.1) is 0 Å². The van der Waals surface area contributed by atoms with Gasteiger partial charge in [0.1, 0.15) is 0 Å². The van der Waals surface area contributed by atoms with Gasteiger partial charge in [-0.2, -0.15) is 0 Å². The Kier molecular flexibility index (Phi) is 1.74. The van der Waals surface area contributed by atoms with E-state index in [0.717, 1.165) is 0 Å². The number of ether oxygens (including phenoxy) is 1. The van der Waals surface area contributed by atoms with E-state index in [2.05, 4.69) is 5.73 Å². The molecule has 0 fully saturated rings. The van der Waals surface area contributed by atoms with Crippen LogP contribution in [0.25, 0.3) is 0 Å². The van der Waals surface area contributed by atoms with E-state index in [0.29, 0.717) is 11.3 Å². The predicted octanol–water partition coefficient (Wildman–Crippen LogP) is 1.20. The van der Waals surface area contributed by atoms with Gasteiger partial charge in [0, 0.05) is 5.57 Å². The molecular weight excluding hydrogens is 128 g/mol. The summed E-state index contributed by atoms with van der Waals surface area (Å²) in [6.07, 6.45) is 3.08. The number of carbonyl (C=O) groups is 1. The molecule has 2 heteroatoms. The summed E-state index contributed by atoms with van der Waals surface area (Å²) >= 11 is 0. The van der Waals surface area contributed by atoms with Crippen molar-refractivity contribution in [1.29, 1.82) is 0 Å². The van der Waals surface area contributed by atoms with Crippen LogP contribution in [0.4, 0.5) is 0 Å². The van der Waals surface area contributed by atoms with E-state index in [1.54, 1.807) is 20.1 Å². The van der Waals surface area contributed by atoms with Crippen LogP contribution in [0.2, 0.25) is 0 Å². The fourth-order valence-corrected chi connectivity index (χ4v) is 0.684. The first kappa shape index (κ1) is 6.84. The van der Waals surface area contributed by atoms with E-state index >= 15 is 0 Å². The summed E-state index contributed by atoms with van der Waals surface area (Å²) in [6.45, 7) is 1.71. The first-order chi connectivity index (χ1) is 4.74. The fourth-order valence-electron chi connectivity index (χ4n) is 0.684. The summed E-state index contributed by atoms with van der Waals surface area (Å²) in [7, 11) is 1.55. The molecule has 52 valence electrons. The molecule has 0 atom stereocenters. The minimum Gasteiger partial charge on any atom is -0.489 e. The lowest BCUT2D eigenvalue weighted by Crippen LogP contribution is -1.98. The number of rotatable bonds is 1. The van der Waals surface area contributed by atoms with Crippen LogP contribution in [0.15, 0.2) is 29.2 Å². The van der Waals surface area contributed by atoms with Crippen LogP contribution in [0, 0.1) is 0 Å². The SMILES string of the molecule is COC1=C=C(C)C(=O)C=C1. The van der Waals surface area contributed by atoms with Crippen LogP contribution in [-0.4, -0.2) is 12.9 Å². The molecule has 0 aromatic rings. The third-order valence-electron chi connectivity index (χ3n) is 1.29. The summed E-state index contributed by atoms with van der Waals surface area (Å²) in [5.41, 5.74) is 3.39. The maximum Gasteiger partial charge on any atom is 0.189 e. The Morgan fingerprint density at radius 3 is 2.70 bits per heavy atom. The number of hydrogen-bond donors (Lipinski definition) is 0. The topological polar surface area (TPSA) is 26.3 Å². The molecule has 0 N–H and O–H groups in total. The molecule has 1 rings (SSSR count). The molecule has 0 saturated carbocycles. The van der Waals surface area contributed by atoms with E-state index < -0.39 is 0 Å². The molecule has 0 amide bonds. The molecule has 0 heterocycles. The molecule has 0 radical (unpaired) electrons. The predicted molar refractivity (Wildman–Crippen MR) is 37.4 cm³/mol. The Morgan fingerprint density at radius 2 is 2.20 bits per heavy atom. The Labute approximate surface area is 59.5 Å². The quantitative estimate of drug-likeness (QED) is 0.506. The lowest BCUT2D eigenvalue weighted by Gasteiger charge is -2.00. The van der Waals surface area contributed by atoms with Crippen LogP contribution in [-0.2, 0) is 9.53 Å². The largest absolute Gasteiger partial charge is 0.489 e. The van der Waals surface area contributed by atoms with Gasteiger partial charge in [0.15, 0.2) is 11.5 Å². The summed E-state index contributed by atoms with van der Waals surface area (Å²) < 4.78 is 4.86. The lowest BCUT2D eigenvalue weighted by atomic mass is 10.1. The van der Waals surface area contributed by atoms with Crippen molar-refractivity contribution in [1.82, 2.24) is 0 Å². The number of hydrogen-bond acceptors (Lipinski definition) is 2. The van der Waals surface area contributed by atoms with Gasteiger partial charge >= 0.3 is 0 Å². The first-order valence-corrected chi connectivity index (χ1v) is 2.98. The molecular formula is C8H8O2. The minimum atomic E-state index is 0.000741. The van der Waals surface area contributed by atoms with Crippen molar-refractivity contribution in [2.75, 3.05) is 7.11 Å². The maximum absolute atomic E-state index is 10.8. The normalized spacial score (nSPS) is 16.4. The lowest BCUT2D eigenvalue weighted by molar-refractivity contribution is -0.111. The van der Waals surface area contributed by atoms with Crippen LogP contribution >= 0.6 is 0 Å². The second-order valence-electron chi connectivity index (χ2n) is 2.02. The number of methoxy groups -OCH3 is 1. The van der Waals surface area contributed by atoms with Crippen LogP contribution in [0.3, 0.4) is 0 Å². The molecule has 0 saturated heterocycles. The average Bonchev–Trinajstić information content (AvgIpc) is 1.95. The average molecular weight is 136 g/mol. The number of carbonyl (C=O) groups excluding carboxylic acids is 1. The van der Waals surface area contributed by atoms with E-state index in [4.69, 9.17) is 4.74 Å². The standard InChI is InChI=1S/C8H8O2/c1-6-5-7(10-2)3-4-8(6)9/h3-4H,1-2H3. The number of allylic oxidation sites excluding steroid dienone is 2. The highest BCUT2D eigenvalue weighted by Crippen LogP contribution is 2.06. The number of ketones is 1. The molecule has 1 aliphatic rings. The van der Waals surface area contributed by atoms with Gasteiger partial charge in [-0.3, -0.25) is 4.79 Å². The molecule has 10 heavy (non-hydrogen) atoms. The third kappa shape index (κ3) is 1.17. The van der Waals surface area contributed by atoms with Crippen molar-refractivity contribution >= 4 is 5.78 Å². The maximum atomic E-state index is 10.8. The molecule has 0 aliphatic heterocycles. The van der Waals surface area contributed by atoms with Crippen LogP contribution in [0.1, 0.15) is 6.92 Å². The van der Waals surface area contributed by atoms with E-state index in [9.17, 15) is 4.79 Å². The molecule has 1 aliphatic carbocycles. The van der Waals surface area contributed by atoms with Gasteiger partial charge in [-0.1, -0.05) is 5.73 Å². The van der Waals surface area contributed by atoms with Crippen molar-refractivity contribution in [2.24, 2.45) is 0 Å². The molecule has 0 aromatic heterocycles. The molecule has 2 nitrogen and oxygen atoms in total. The Hall–Kier alpha value is -1.27. The fraction of sp³-hybridized carbons (Fsp3) is 0.250. The van der Waals surface area contributed by atoms with Gasteiger partial charge in [-0.25, -0.2) is 0 Å². The first-order valence-electron chi connectivity index (χ1n) is 2.98. The van der Waals surface area contributed by atoms with E-state index in [-0.39, 0.29) is 5.78 Å². The summed E-state index contributed by atoms with van der Waals surface area (Å²) in [4.78, 5) is 10.8. The zero-order chi connectivity index (χ0) is 7.56. The van der Waals surface area contributed by atoms with E-state index in [1.807, 2.05) is 0 Å². The third-order valence-corrected chi connectivity index (χ3v) is 1.29. The Bertz CT molecular complexity index is 252. The highest BCUT2D eigenvalue weighted by Gasteiger charge is 2.04. The van der Waals surface area contributed by atoms with Crippen LogP contribution in [0.5, 0.6) is 0 Å². The summed E-state index contributed by atoms with van der Waals surface area (Å²) in [6, 6.07) is 0. The molecule has 0 unspecified atom stereocenters. The van der Waals surface area contributed by atoms with Crippen molar-refractivity contribution in [2.45, 2.75) is 6.92 Å². The Balaban J connectivity index is 3.07. The summed E-state index contributed by atoms with van der Waals surface area (Å²) in [5.74, 6) is 0.609. The smallest absolute Gasteiger partial charge is 0.189 e. The monoisotopic (exact) mass is 136 g/mol. The van der Waals surface area contributed by atoms with Gasteiger partial charge in [-0.05, 0) is 19.1 Å². The van der Waals surface area contributed by atoms with Gasteiger partial charge in [0.2, 0.25) is 0 Å². The van der Waals surface area contributed by atoms with Crippen LogP contribution < -0.4 is 0 Å².